The number of thioether (sulfide) groups is 1. The maximum absolute atomic E-state index is 12.3. The molecule has 0 unspecified atom stereocenters. The Morgan fingerprint density at radius 3 is 2.96 bits per heavy atom. The van der Waals surface area contributed by atoms with Crippen molar-refractivity contribution in [3.8, 4) is 5.75 Å². The molecule has 0 fully saturated rings. The molecule has 0 radical (unpaired) electrons. The van der Waals surface area contributed by atoms with Gasteiger partial charge in [-0.05, 0) is 24.3 Å². The molecule has 24 heavy (non-hydrogen) atoms. The van der Waals surface area contributed by atoms with Gasteiger partial charge in [-0.3, -0.25) is 9.59 Å². The van der Waals surface area contributed by atoms with Crippen LogP contribution in [0, 0.1) is 5.92 Å². The quantitative estimate of drug-likeness (QED) is 0.894. The molecule has 1 atom stereocenters. The van der Waals surface area contributed by atoms with E-state index in [4.69, 9.17) is 4.74 Å². The summed E-state index contributed by atoms with van der Waals surface area (Å²) in [6.45, 7) is 0. The van der Waals surface area contributed by atoms with Crippen molar-refractivity contribution in [1.82, 2.24) is 0 Å². The number of carbonyl (C=O) groups is 2. The van der Waals surface area contributed by atoms with E-state index in [0.29, 0.717) is 17.2 Å². The van der Waals surface area contributed by atoms with Gasteiger partial charge in [0.2, 0.25) is 11.8 Å². The zero-order chi connectivity index (χ0) is 16.9. The van der Waals surface area contributed by atoms with Gasteiger partial charge in [0.15, 0.2) is 0 Å². The van der Waals surface area contributed by atoms with Gasteiger partial charge in [0, 0.05) is 28.8 Å². The molecule has 6 heteroatoms. The van der Waals surface area contributed by atoms with Gasteiger partial charge in [-0.1, -0.05) is 18.2 Å². The number of carbonyl (C=O) groups excluding carboxylic acids is 2. The SMILES string of the molecule is COc1cccc(NC(=O)C[C@@H]2CSc3ccccc3NC2=O)c1. The van der Waals surface area contributed by atoms with Crippen LogP contribution in [0.2, 0.25) is 0 Å². The van der Waals surface area contributed by atoms with E-state index < -0.39 is 0 Å². The summed E-state index contributed by atoms with van der Waals surface area (Å²) in [4.78, 5) is 25.6. The molecule has 0 aliphatic carbocycles. The van der Waals surface area contributed by atoms with Crippen LogP contribution in [0.1, 0.15) is 6.42 Å². The third-order valence-electron chi connectivity index (χ3n) is 3.74. The number of hydrogen-bond acceptors (Lipinski definition) is 4. The Hall–Kier alpha value is -2.47. The summed E-state index contributed by atoms with van der Waals surface area (Å²) in [5, 5.41) is 5.72. The van der Waals surface area contributed by atoms with E-state index in [9.17, 15) is 9.59 Å². The molecule has 124 valence electrons. The highest BCUT2D eigenvalue weighted by Gasteiger charge is 2.26. The predicted octanol–water partition coefficient (Wildman–Crippen LogP) is 3.38. The summed E-state index contributed by atoms with van der Waals surface area (Å²) in [7, 11) is 1.58. The van der Waals surface area contributed by atoms with Crippen LogP contribution in [-0.4, -0.2) is 24.7 Å². The van der Waals surface area contributed by atoms with Crippen LogP contribution < -0.4 is 15.4 Å². The lowest BCUT2D eigenvalue weighted by Gasteiger charge is -2.13. The molecule has 2 aromatic carbocycles. The van der Waals surface area contributed by atoms with Crippen LogP contribution in [0.25, 0.3) is 0 Å². The van der Waals surface area contributed by atoms with Crippen LogP contribution in [0.3, 0.4) is 0 Å². The molecule has 1 aliphatic heterocycles. The largest absolute Gasteiger partial charge is 0.497 e. The van der Waals surface area contributed by atoms with Crippen molar-refractivity contribution in [2.45, 2.75) is 11.3 Å². The predicted molar refractivity (Wildman–Crippen MR) is 95.5 cm³/mol. The zero-order valence-corrected chi connectivity index (χ0v) is 14.1. The number of ether oxygens (including phenoxy) is 1. The number of methoxy groups -OCH3 is 1. The fourth-order valence-electron chi connectivity index (χ4n) is 2.48. The van der Waals surface area contributed by atoms with Crippen LogP contribution >= 0.6 is 11.8 Å². The van der Waals surface area contributed by atoms with Crippen molar-refractivity contribution in [3.63, 3.8) is 0 Å². The van der Waals surface area contributed by atoms with Crippen molar-refractivity contribution in [3.05, 3.63) is 48.5 Å². The highest BCUT2D eigenvalue weighted by molar-refractivity contribution is 7.99. The Morgan fingerprint density at radius 1 is 1.29 bits per heavy atom. The summed E-state index contributed by atoms with van der Waals surface area (Å²) in [5.41, 5.74) is 1.47. The summed E-state index contributed by atoms with van der Waals surface area (Å²) in [5.74, 6) is 0.580. The lowest BCUT2D eigenvalue weighted by atomic mass is 10.1. The van der Waals surface area contributed by atoms with Gasteiger partial charge in [-0.2, -0.15) is 0 Å². The standard InChI is InChI=1S/C18H18N2O3S/c1-23-14-6-4-5-13(10-14)19-17(21)9-12-11-24-16-8-3-2-7-15(16)20-18(12)22/h2-8,10,12H,9,11H2,1H3,(H,19,21)(H,20,22)/t12-/m1/s1. The maximum Gasteiger partial charge on any atom is 0.228 e. The van der Waals surface area contributed by atoms with Gasteiger partial charge >= 0.3 is 0 Å². The molecule has 5 nitrogen and oxygen atoms in total. The second kappa shape index (κ2) is 7.40. The number of hydrogen-bond donors (Lipinski definition) is 2. The second-order valence-electron chi connectivity index (χ2n) is 5.48. The Labute approximate surface area is 144 Å². The number of rotatable bonds is 4. The Kier molecular flexibility index (Phi) is 5.05. The molecule has 0 saturated carbocycles. The highest BCUT2D eigenvalue weighted by Crippen LogP contribution is 2.33. The molecule has 0 spiro atoms. The first-order valence-corrected chi connectivity index (χ1v) is 8.61. The smallest absolute Gasteiger partial charge is 0.228 e. The summed E-state index contributed by atoms with van der Waals surface area (Å²) >= 11 is 1.59. The molecule has 1 heterocycles. The third-order valence-corrected chi connectivity index (χ3v) is 4.98. The summed E-state index contributed by atoms with van der Waals surface area (Å²) in [6.07, 6.45) is 0.143. The van der Waals surface area contributed by atoms with Crippen molar-refractivity contribution in [1.29, 1.82) is 0 Å². The maximum atomic E-state index is 12.3. The molecule has 0 aromatic heterocycles. The van der Waals surface area contributed by atoms with Gasteiger partial charge in [0.05, 0.1) is 18.7 Å². The molecule has 2 N–H and O–H groups in total. The molecule has 0 saturated heterocycles. The molecule has 2 aromatic rings. The minimum absolute atomic E-state index is 0.117. The van der Waals surface area contributed by atoms with Crippen molar-refractivity contribution in [2.75, 3.05) is 23.5 Å². The van der Waals surface area contributed by atoms with Gasteiger partial charge < -0.3 is 15.4 Å². The molecule has 1 aliphatic rings. The number of amides is 2. The lowest BCUT2D eigenvalue weighted by molar-refractivity contribution is -0.124. The number of benzene rings is 2. The normalized spacial score (nSPS) is 16.5. The summed E-state index contributed by atoms with van der Waals surface area (Å²) < 4.78 is 5.14. The van der Waals surface area contributed by atoms with E-state index >= 15 is 0 Å². The fraction of sp³-hybridized carbons (Fsp3) is 0.222. The van der Waals surface area contributed by atoms with Crippen LogP contribution in [0.5, 0.6) is 5.75 Å². The zero-order valence-electron chi connectivity index (χ0n) is 13.2. The monoisotopic (exact) mass is 342 g/mol. The summed E-state index contributed by atoms with van der Waals surface area (Å²) in [6, 6.07) is 14.8. The first-order chi connectivity index (χ1) is 11.7. The molecule has 2 amide bonds. The van der Waals surface area contributed by atoms with Gasteiger partial charge in [0.1, 0.15) is 5.75 Å². The topological polar surface area (TPSA) is 67.4 Å². The van der Waals surface area contributed by atoms with E-state index in [-0.39, 0.29) is 24.2 Å². The first-order valence-electron chi connectivity index (χ1n) is 7.62. The Bertz CT molecular complexity index is 763. The number of nitrogens with one attached hydrogen (secondary N) is 2. The third kappa shape index (κ3) is 3.89. The van der Waals surface area contributed by atoms with E-state index in [1.165, 1.54) is 0 Å². The average molecular weight is 342 g/mol. The van der Waals surface area contributed by atoms with E-state index in [1.807, 2.05) is 30.3 Å². The minimum atomic E-state index is -0.368. The van der Waals surface area contributed by atoms with Gasteiger partial charge in [0.25, 0.3) is 0 Å². The Morgan fingerprint density at radius 2 is 2.12 bits per heavy atom. The first kappa shape index (κ1) is 16.4. The van der Waals surface area contributed by atoms with Gasteiger partial charge in [-0.15, -0.1) is 11.8 Å². The highest BCUT2D eigenvalue weighted by atomic mass is 32.2. The molecular formula is C18H18N2O3S. The lowest BCUT2D eigenvalue weighted by Crippen LogP contribution is -2.27. The van der Waals surface area contributed by atoms with Crippen molar-refractivity contribution >= 4 is 35.0 Å². The minimum Gasteiger partial charge on any atom is -0.497 e. The van der Waals surface area contributed by atoms with E-state index in [0.717, 1.165) is 10.6 Å². The van der Waals surface area contributed by atoms with Crippen molar-refractivity contribution < 1.29 is 14.3 Å². The number of para-hydroxylation sites is 1. The van der Waals surface area contributed by atoms with E-state index in [1.54, 1.807) is 37.1 Å². The molecular weight excluding hydrogens is 324 g/mol. The molecule has 0 bridgehead atoms. The number of fused-ring (bicyclic) bond motifs is 1. The fourth-order valence-corrected chi connectivity index (χ4v) is 3.58. The Balaban J connectivity index is 1.63. The van der Waals surface area contributed by atoms with Crippen molar-refractivity contribution in [2.24, 2.45) is 5.92 Å². The average Bonchev–Trinajstić information content (AvgIpc) is 2.74. The van der Waals surface area contributed by atoms with Crippen LogP contribution in [0.4, 0.5) is 11.4 Å². The molecule has 3 rings (SSSR count). The van der Waals surface area contributed by atoms with E-state index in [2.05, 4.69) is 10.6 Å². The van der Waals surface area contributed by atoms with Gasteiger partial charge in [-0.25, -0.2) is 0 Å². The van der Waals surface area contributed by atoms with Crippen LogP contribution in [-0.2, 0) is 9.59 Å². The second-order valence-corrected chi connectivity index (χ2v) is 6.54. The van der Waals surface area contributed by atoms with Crippen LogP contribution in [0.15, 0.2) is 53.4 Å². The number of anilines is 2.